The van der Waals surface area contributed by atoms with Crippen LogP contribution >= 0.6 is 0 Å². The van der Waals surface area contributed by atoms with Crippen molar-refractivity contribution in [2.75, 3.05) is 4.90 Å². The summed E-state index contributed by atoms with van der Waals surface area (Å²) in [4.78, 5) is 17.4. The van der Waals surface area contributed by atoms with E-state index in [0.717, 1.165) is 16.8 Å². The average Bonchev–Trinajstić information content (AvgIpc) is 2.98. The summed E-state index contributed by atoms with van der Waals surface area (Å²) in [5, 5.41) is 14.7. The first kappa shape index (κ1) is 16.6. The number of benzene rings is 2. The van der Waals surface area contributed by atoms with Crippen molar-refractivity contribution in [3.8, 4) is 0 Å². The Morgan fingerprint density at radius 2 is 1.88 bits per heavy atom. The number of nitrogens with zero attached hydrogens (tertiary/aromatic N) is 4. The van der Waals surface area contributed by atoms with Gasteiger partial charge >= 0.3 is 0 Å². The minimum absolute atomic E-state index is 0.0123. The maximum Gasteiger partial charge on any atom is 0.224 e. The van der Waals surface area contributed by atoms with Gasteiger partial charge in [-0.3, -0.25) is 4.79 Å². The molecule has 1 fully saturated rings. The van der Waals surface area contributed by atoms with Gasteiger partial charge in [-0.2, -0.15) is 0 Å². The average molecular weight is 348 g/mol. The summed E-state index contributed by atoms with van der Waals surface area (Å²) in [6, 6.07) is 16.9. The number of aliphatic hydroxyl groups excluding tert-OH is 1. The number of carbonyl (C=O) groups excluding carboxylic acids is 1. The van der Waals surface area contributed by atoms with Gasteiger partial charge in [0.25, 0.3) is 0 Å². The van der Waals surface area contributed by atoms with Crippen molar-refractivity contribution in [2.45, 2.75) is 37.5 Å². The Hall–Kier alpha value is -2.82. The summed E-state index contributed by atoms with van der Waals surface area (Å²) in [5.74, 6) is -0.212. The van der Waals surface area contributed by atoms with Gasteiger partial charge in [-0.25, -0.2) is 0 Å². The van der Waals surface area contributed by atoms with Crippen molar-refractivity contribution in [1.82, 2.24) is 0 Å². The molecule has 6 nitrogen and oxygen atoms in total. The standard InChI is InChI=1S/C20H20N4O2/c1-12(25)24-17-10-6-5-9-14(17)18-15(11-16(20(18)26)22-23-21)19(24)13-7-3-2-4-8-13/h2-10,15-16,18-20,26H,11H2,1H3/t15-,16?,18-,19-,20+/m1/s1. The van der Waals surface area contributed by atoms with Crippen LogP contribution in [0.1, 0.15) is 36.4 Å². The van der Waals surface area contributed by atoms with Crippen molar-refractivity contribution >= 4 is 11.6 Å². The van der Waals surface area contributed by atoms with Gasteiger partial charge < -0.3 is 10.0 Å². The van der Waals surface area contributed by atoms with E-state index in [9.17, 15) is 9.90 Å². The molecule has 0 bridgehead atoms. The third-order valence-electron chi connectivity index (χ3n) is 5.66. The zero-order valence-corrected chi connectivity index (χ0v) is 14.4. The van der Waals surface area contributed by atoms with Crippen LogP contribution in [0.3, 0.4) is 0 Å². The lowest BCUT2D eigenvalue weighted by Gasteiger charge is -2.44. The molecule has 1 aliphatic heterocycles. The largest absolute Gasteiger partial charge is 0.392 e. The van der Waals surface area contributed by atoms with Crippen LogP contribution in [0.25, 0.3) is 10.4 Å². The summed E-state index contributed by atoms with van der Waals surface area (Å²) in [6.45, 7) is 1.57. The van der Waals surface area contributed by atoms with Crippen LogP contribution in [-0.4, -0.2) is 23.2 Å². The van der Waals surface area contributed by atoms with Gasteiger partial charge in [0.05, 0.1) is 18.2 Å². The van der Waals surface area contributed by atoms with Crippen LogP contribution in [-0.2, 0) is 4.79 Å². The molecule has 1 heterocycles. The van der Waals surface area contributed by atoms with E-state index in [1.807, 2.05) is 59.5 Å². The van der Waals surface area contributed by atoms with Gasteiger partial charge in [-0.1, -0.05) is 53.6 Å². The Balaban J connectivity index is 1.92. The fourth-order valence-corrected chi connectivity index (χ4v) is 4.72. The minimum atomic E-state index is -0.752. The lowest BCUT2D eigenvalue weighted by atomic mass is 9.75. The van der Waals surface area contributed by atoms with Crippen LogP contribution in [0, 0.1) is 5.92 Å². The van der Waals surface area contributed by atoms with Gasteiger partial charge in [0.15, 0.2) is 0 Å². The van der Waals surface area contributed by atoms with Gasteiger partial charge in [0.1, 0.15) is 0 Å². The van der Waals surface area contributed by atoms with E-state index in [-0.39, 0.29) is 23.8 Å². The molecule has 0 radical (unpaired) electrons. The molecule has 5 atom stereocenters. The molecule has 0 saturated heterocycles. The van der Waals surface area contributed by atoms with E-state index in [4.69, 9.17) is 5.53 Å². The highest BCUT2D eigenvalue weighted by atomic mass is 16.3. The van der Waals surface area contributed by atoms with Crippen LogP contribution in [0.2, 0.25) is 0 Å². The van der Waals surface area contributed by atoms with E-state index in [1.165, 1.54) is 0 Å². The monoisotopic (exact) mass is 348 g/mol. The normalized spacial score (nSPS) is 29.5. The summed E-state index contributed by atoms with van der Waals surface area (Å²) in [7, 11) is 0. The number of hydrogen-bond donors (Lipinski definition) is 1. The second-order valence-corrected chi connectivity index (χ2v) is 6.99. The van der Waals surface area contributed by atoms with Crippen LogP contribution < -0.4 is 4.90 Å². The molecule has 6 heteroatoms. The fourth-order valence-electron chi connectivity index (χ4n) is 4.72. The van der Waals surface area contributed by atoms with Crippen molar-refractivity contribution in [1.29, 1.82) is 0 Å². The number of azide groups is 1. The van der Waals surface area contributed by atoms with Gasteiger partial charge in [-0.05, 0) is 35.1 Å². The predicted molar refractivity (Wildman–Crippen MR) is 98.6 cm³/mol. The van der Waals surface area contributed by atoms with E-state index in [2.05, 4.69) is 10.0 Å². The molecule has 1 amide bonds. The number of amides is 1. The molecule has 0 aromatic heterocycles. The van der Waals surface area contributed by atoms with Crippen LogP contribution in [0.4, 0.5) is 5.69 Å². The Bertz CT molecular complexity index is 878. The maximum atomic E-state index is 12.6. The van der Waals surface area contributed by atoms with E-state index in [0.29, 0.717) is 6.42 Å². The molecule has 1 aliphatic carbocycles. The molecular weight excluding hydrogens is 328 g/mol. The number of para-hydroxylation sites is 1. The molecule has 4 rings (SSSR count). The second-order valence-electron chi connectivity index (χ2n) is 6.99. The molecule has 26 heavy (non-hydrogen) atoms. The van der Waals surface area contributed by atoms with Crippen LogP contribution in [0.15, 0.2) is 59.7 Å². The Kier molecular flexibility index (Phi) is 4.15. The molecule has 1 unspecified atom stereocenters. The number of rotatable bonds is 2. The molecular formula is C20H20N4O2. The van der Waals surface area contributed by atoms with Gasteiger partial charge in [0.2, 0.25) is 5.91 Å². The molecule has 1 N–H and O–H groups in total. The molecule has 132 valence electrons. The highest BCUT2D eigenvalue weighted by molar-refractivity contribution is 5.94. The summed E-state index contributed by atoms with van der Waals surface area (Å²) >= 11 is 0. The third kappa shape index (κ3) is 2.46. The summed E-state index contributed by atoms with van der Waals surface area (Å²) in [6.07, 6.45) is -0.203. The van der Waals surface area contributed by atoms with Gasteiger partial charge in [-0.15, -0.1) is 0 Å². The lowest BCUT2D eigenvalue weighted by Crippen LogP contribution is -2.43. The number of aliphatic hydroxyl groups is 1. The quantitative estimate of drug-likeness (QED) is 0.506. The first-order valence-electron chi connectivity index (χ1n) is 8.79. The molecule has 2 aromatic rings. The second kappa shape index (κ2) is 6.48. The van der Waals surface area contributed by atoms with Gasteiger partial charge in [0, 0.05) is 23.4 Å². The summed E-state index contributed by atoms with van der Waals surface area (Å²) in [5.41, 5.74) is 11.7. The van der Waals surface area contributed by atoms with Crippen molar-refractivity contribution in [3.63, 3.8) is 0 Å². The SMILES string of the molecule is CC(=O)N1c2ccccc2[C@@H]2[C@@H](CC(N=[N+]=[N-])[C@@H]2O)[C@H]1c1ccccc1. The highest BCUT2D eigenvalue weighted by Crippen LogP contribution is 2.56. The van der Waals surface area contributed by atoms with E-state index >= 15 is 0 Å². The zero-order valence-electron chi connectivity index (χ0n) is 14.4. The minimum Gasteiger partial charge on any atom is -0.392 e. The Morgan fingerprint density at radius 3 is 2.58 bits per heavy atom. The first-order chi connectivity index (χ1) is 12.6. The molecule has 2 aromatic carbocycles. The number of carbonyl (C=O) groups is 1. The topological polar surface area (TPSA) is 89.3 Å². The molecule has 0 spiro atoms. The molecule has 1 saturated carbocycles. The Labute approximate surface area is 151 Å². The zero-order chi connectivity index (χ0) is 18.3. The Morgan fingerprint density at radius 1 is 1.19 bits per heavy atom. The van der Waals surface area contributed by atoms with Crippen molar-refractivity contribution in [3.05, 3.63) is 76.2 Å². The van der Waals surface area contributed by atoms with Crippen molar-refractivity contribution < 1.29 is 9.90 Å². The maximum absolute atomic E-state index is 12.6. The smallest absolute Gasteiger partial charge is 0.224 e. The molecule has 2 aliphatic rings. The third-order valence-corrected chi connectivity index (χ3v) is 5.66. The first-order valence-corrected chi connectivity index (χ1v) is 8.79. The van der Waals surface area contributed by atoms with Crippen molar-refractivity contribution in [2.24, 2.45) is 11.0 Å². The predicted octanol–water partition coefficient (Wildman–Crippen LogP) is 3.94. The highest BCUT2D eigenvalue weighted by Gasteiger charge is 2.52. The number of fused-ring (bicyclic) bond motifs is 3. The summed E-state index contributed by atoms with van der Waals surface area (Å²) < 4.78 is 0. The van der Waals surface area contributed by atoms with E-state index < -0.39 is 12.1 Å². The van der Waals surface area contributed by atoms with Crippen LogP contribution in [0.5, 0.6) is 0 Å². The number of hydrogen-bond acceptors (Lipinski definition) is 3. The lowest BCUT2D eigenvalue weighted by molar-refractivity contribution is -0.117. The fraction of sp³-hybridized carbons (Fsp3) is 0.350. The van der Waals surface area contributed by atoms with E-state index in [1.54, 1.807) is 6.92 Å². The number of anilines is 1.